The molecule has 4 nitrogen and oxygen atoms in total. The normalized spacial score (nSPS) is 10.2. The molecule has 5 heteroatoms. The average molecular weight is 365 g/mol. The molecule has 2 amide bonds. The van der Waals surface area contributed by atoms with E-state index in [1.165, 1.54) is 0 Å². The third kappa shape index (κ3) is 4.29. The highest BCUT2D eigenvalue weighted by atomic mass is 35.5. The molecule has 3 aromatic carbocycles. The van der Waals surface area contributed by atoms with Crippen molar-refractivity contribution in [2.24, 2.45) is 0 Å². The number of hydrogen-bond acceptors (Lipinski definition) is 2. The van der Waals surface area contributed by atoms with Gasteiger partial charge in [0.1, 0.15) is 0 Å². The summed E-state index contributed by atoms with van der Waals surface area (Å²) in [7, 11) is 0. The first kappa shape index (κ1) is 17.7. The molecule has 0 bridgehead atoms. The number of carbonyl (C=O) groups is 2. The summed E-state index contributed by atoms with van der Waals surface area (Å²) in [5.74, 6) is -0.0594. The molecule has 0 spiro atoms. The highest BCUT2D eigenvalue weighted by Gasteiger charge is 2.09. The predicted octanol–water partition coefficient (Wildman–Crippen LogP) is 5.52. The Morgan fingerprint density at radius 3 is 2.00 bits per heavy atom. The second-order valence-electron chi connectivity index (χ2n) is 5.82. The van der Waals surface area contributed by atoms with Gasteiger partial charge < -0.3 is 10.6 Å². The van der Waals surface area contributed by atoms with Crippen LogP contribution in [0.2, 0.25) is 5.02 Å². The average Bonchev–Trinajstić information content (AvgIpc) is 2.65. The van der Waals surface area contributed by atoms with Gasteiger partial charge in [0.15, 0.2) is 5.78 Å². The number of anilines is 2. The lowest BCUT2D eigenvalue weighted by Crippen LogP contribution is -2.19. The Balaban J connectivity index is 1.64. The molecule has 0 unspecified atom stereocenters. The zero-order chi connectivity index (χ0) is 18.5. The first-order valence-electron chi connectivity index (χ1n) is 8.07. The zero-order valence-corrected chi connectivity index (χ0v) is 14.9. The molecule has 0 saturated carbocycles. The van der Waals surface area contributed by atoms with Crippen LogP contribution in [0.5, 0.6) is 0 Å². The monoisotopic (exact) mass is 364 g/mol. The van der Waals surface area contributed by atoms with Crippen LogP contribution in [0.4, 0.5) is 16.2 Å². The fourth-order valence-corrected chi connectivity index (χ4v) is 2.61. The molecule has 0 fully saturated rings. The van der Waals surface area contributed by atoms with E-state index >= 15 is 0 Å². The van der Waals surface area contributed by atoms with Gasteiger partial charge in [0, 0.05) is 27.5 Å². The number of amides is 2. The molecule has 0 atom stereocenters. The maximum Gasteiger partial charge on any atom is 0.323 e. The first-order valence-corrected chi connectivity index (χ1v) is 8.45. The second kappa shape index (κ2) is 7.85. The van der Waals surface area contributed by atoms with Crippen molar-refractivity contribution < 1.29 is 9.59 Å². The molecule has 3 aromatic rings. The van der Waals surface area contributed by atoms with E-state index in [-0.39, 0.29) is 11.8 Å². The van der Waals surface area contributed by atoms with E-state index in [0.29, 0.717) is 27.5 Å². The van der Waals surface area contributed by atoms with Gasteiger partial charge in [-0.05, 0) is 48.9 Å². The Morgan fingerprint density at radius 2 is 1.35 bits per heavy atom. The van der Waals surface area contributed by atoms with Crippen molar-refractivity contribution in [2.75, 3.05) is 10.6 Å². The van der Waals surface area contributed by atoms with Crippen LogP contribution in [0.3, 0.4) is 0 Å². The maximum absolute atomic E-state index is 12.4. The quantitative estimate of drug-likeness (QED) is 0.598. The minimum absolute atomic E-state index is 0.0594. The lowest BCUT2D eigenvalue weighted by molar-refractivity contribution is 0.103. The van der Waals surface area contributed by atoms with Crippen molar-refractivity contribution in [1.29, 1.82) is 0 Å². The van der Waals surface area contributed by atoms with Gasteiger partial charge >= 0.3 is 6.03 Å². The Morgan fingerprint density at radius 1 is 0.769 bits per heavy atom. The van der Waals surface area contributed by atoms with Crippen LogP contribution < -0.4 is 10.6 Å². The number of hydrogen-bond donors (Lipinski definition) is 2. The van der Waals surface area contributed by atoms with Crippen LogP contribution in [0.15, 0.2) is 72.8 Å². The molecule has 0 aliphatic carbocycles. The van der Waals surface area contributed by atoms with Gasteiger partial charge in [-0.15, -0.1) is 0 Å². The third-order valence-corrected chi connectivity index (χ3v) is 4.28. The Labute approximate surface area is 156 Å². The zero-order valence-electron chi connectivity index (χ0n) is 14.1. The molecule has 0 saturated heterocycles. The van der Waals surface area contributed by atoms with Crippen LogP contribution >= 0.6 is 11.6 Å². The van der Waals surface area contributed by atoms with E-state index in [2.05, 4.69) is 10.6 Å². The van der Waals surface area contributed by atoms with Gasteiger partial charge in [-0.1, -0.05) is 48.0 Å². The van der Waals surface area contributed by atoms with Crippen LogP contribution in [-0.4, -0.2) is 11.8 Å². The summed E-state index contributed by atoms with van der Waals surface area (Å²) in [4.78, 5) is 24.5. The minimum atomic E-state index is -0.382. The van der Waals surface area contributed by atoms with Crippen molar-refractivity contribution >= 4 is 34.8 Å². The van der Waals surface area contributed by atoms with Gasteiger partial charge in [0.2, 0.25) is 0 Å². The molecular weight excluding hydrogens is 348 g/mol. The Hall–Kier alpha value is -3.11. The van der Waals surface area contributed by atoms with E-state index in [9.17, 15) is 9.59 Å². The van der Waals surface area contributed by atoms with Crippen molar-refractivity contribution in [3.05, 3.63) is 94.5 Å². The molecule has 130 valence electrons. The highest BCUT2D eigenvalue weighted by molar-refractivity contribution is 6.31. The number of urea groups is 1. The second-order valence-corrected chi connectivity index (χ2v) is 6.22. The summed E-state index contributed by atoms with van der Waals surface area (Å²) >= 11 is 6.05. The summed E-state index contributed by atoms with van der Waals surface area (Å²) in [6, 6.07) is 20.7. The van der Waals surface area contributed by atoms with Crippen LogP contribution in [0.25, 0.3) is 0 Å². The van der Waals surface area contributed by atoms with Gasteiger partial charge in [-0.3, -0.25) is 4.79 Å². The van der Waals surface area contributed by atoms with Gasteiger partial charge in [0.05, 0.1) is 0 Å². The number of aryl methyl sites for hydroxylation is 1. The Kier molecular flexibility index (Phi) is 5.34. The fraction of sp³-hybridized carbons (Fsp3) is 0.0476. The number of halogens is 1. The smallest absolute Gasteiger partial charge is 0.308 e. The number of benzene rings is 3. The molecule has 0 aliphatic rings. The van der Waals surface area contributed by atoms with Crippen LogP contribution in [-0.2, 0) is 0 Å². The predicted molar refractivity (Wildman–Crippen MR) is 105 cm³/mol. The van der Waals surface area contributed by atoms with Gasteiger partial charge in [-0.2, -0.15) is 0 Å². The van der Waals surface area contributed by atoms with E-state index in [0.717, 1.165) is 5.56 Å². The lowest BCUT2D eigenvalue weighted by Gasteiger charge is -2.09. The van der Waals surface area contributed by atoms with Crippen molar-refractivity contribution in [2.45, 2.75) is 6.92 Å². The molecule has 0 aromatic heterocycles. The van der Waals surface area contributed by atoms with E-state index in [1.807, 2.05) is 31.2 Å². The minimum Gasteiger partial charge on any atom is -0.308 e. The highest BCUT2D eigenvalue weighted by Crippen LogP contribution is 2.20. The van der Waals surface area contributed by atoms with Crippen molar-refractivity contribution in [3.8, 4) is 0 Å². The standard InChI is InChI=1S/C21H17ClN2O2/c1-14-7-10-18(13-19(14)22)24-21(26)23-17-11-8-16(9-12-17)20(25)15-5-3-2-4-6-15/h2-13H,1H3,(H2,23,24,26). The summed E-state index contributed by atoms with van der Waals surface area (Å²) < 4.78 is 0. The number of nitrogens with one attached hydrogen (secondary N) is 2. The Bertz CT molecular complexity index is 938. The van der Waals surface area contributed by atoms with Crippen LogP contribution in [0.1, 0.15) is 21.5 Å². The molecule has 0 heterocycles. The fourth-order valence-electron chi connectivity index (χ4n) is 2.43. The topological polar surface area (TPSA) is 58.2 Å². The largest absolute Gasteiger partial charge is 0.323 e. The summed E-state index contributed by atoms with van der Waals surface area (Å²) in [5, 5.41) is 6.04. The number of ketones is 1. The van der Waals surface area contributed by atoms with Gasteiger partial charge in [-0.25, -0.2) is 4.79 Å². The van der Waals surface area contributed by atoms with Crippen LogP contribution in [0, 0.1) is 6.92 Å². The molecule has 26 heavy (non-hydrogen) atoms. The van der Waals surface area contributed by atoms with E-state index < -0.39 is 0 Å². The molecular formula is C21H17ClN2O2. The summed E-state index contributed by atoms with van der Waals surface area (Å²) in [5.41, 5.74) is 3.32. The summed E-state index contributed by atoms with van der Waals surface area (Å²) in [6.07, 6.45) is 0. The third-order valence-electron chi connectivity index (χ3n) is 3.87. The lowest BCUT2D eigenvalue weighted by atomic mass is 10.0. The van der Waals surface area contributed by atoms with Crippen molar-refractivity contribution in [1.82, 2.24) is 0 Å². The molecule has 0 radical (unpaired) electrons. The maximum atomic E-state index is 12.4. The van der Waals surface area contributed by atoms with E-state index in [1.54, 1.807) is 48.5 Å². The summed E-state index contributed by atoms with van der Waals surface area (Å²) in [6.45, 7) is 1.89. The van der Waals surface area contributed by atoms with Gasteiger partial charge in [0.25, 0.3) is 0 Å². The molecule has 0 aliphatic heterocycles. The van der Waals surface area contributed by atoms with Crippen molar-refractivity contribution in [3.63, 3.8) is 0 Å². The molecule has 2 N–H and O–H groups in total. The molecule has 3 rings (SSSR count). The van der Waals surface area contributed by atoms with E-state index in [4.69, 9.17) is 11.6 Å². The SMILES string of the molecule is Cc1ccc(NC(=O)Nc2ccc(C(=O)c3ccccc3)cc2)cc1Cl. The number of rotatable bonds is 4. The first-order chi connectivity index (χ1) is 12.5. The number of carbonyl (C=O) groups excluding carboxylic acids is 2.